The van der Waals surface area contributed by atoms with Gasteiger partial charge < -0.3 is 4.90 Å². The molecule has 12 heavy (non-hydrogen) atoms. The van der Waals surface area contributed by atoms with E-state index in [0.29, 0.717) is 0 Å². The van der Waals surface area contributed by atoms with Gasteiger partial charge in [0.2, 0.25) is 5.91 Å². The lowest BCUT2D eigenvalue weighted by Gasteiger charge is -2.32. The maximum absolute atomic E-state index is 11.1. The van der Waals surface area contributed by atoms with Crippen molar-refractivity contribution in [1.82, 2.24) is 4.90 Å². The van der Waals surface area contributed by atoms with E-state index < -0.39 is 0 Å². The number of carbonyl (C=O) groups excluding carboxylic acids is 1. The largest absolute Gasteiger partial charge is 0.337 e. The number of rotatable bonds is 3. The first-order chi connectivity index (χ1) is 5.39. The van der Waals surface area contributed by atoms with Crippen molar-refractivity contribution in [2.45, 2.75) is 12.2 Å². The Morgan fingerprint density at radius 1 is 1.50 bits per heavy atom. The first-order valence-electron chi connectivity index (χ1n) is 3.98. The molecule has 62 valence electrons. The predicted molar refractivity (Wildman–Crippen MR) is 60.2 cm³/mol. The number of allylic oxidation sites excluding steroid dienone is 2. The molecular formula is C7H14B3NO. The lowest BCUT2D eigenvalue weighted by molar-refractivity contribution is -0.126. The van der Waals surface area contributed by atoms with Gasteiger partial charge in [-0.05, 0) is 11.3 Å². The van der Waals surface area contributed by atoms with E-state index >= 15 is 0 Å². The van der Waals surface area contributed by atoms with E-state index in [1.54, 1.807) is 30.2 Å². The zero-order valence-electron chi connectivity index (χ0n) is 8.29. The van der Waals surface area contributed by atoms with Crippen LogP contribution < -0.4 is 0 Å². The quantitative estimate of drug-likeness (QED) is 0.347. The summed E-state index contributed by atoms with van der Waals surface area (Å²) in [4.78, 5) is 12.8. The number of amides is 1. The zero-order chi connectivity index (χ0) is 9.78. The maximum Gasteiger partial charge on any atom is 0.221 e. The van der Waals surface area contributed by atoms with E-state index in [0.717, 1.165) is 0 Å². The van der Waals surface area contributed by atoms with Crippen LogP contribution in [0.4, 0.5) is 0 Å². The van der Waals surface area contributed by atoms with E-state index in [-0.39, 0.29) is 11.1 Å². The molecule has 0 aromatic carbocycles. The topological polar surface area (TPSA) is 20.3 Å². The van der Waals surface area contributed by atoms with Crippen molar-refractivity contribution in [3.63, 3.8) is 0 Å². The van der Waals surface area contributed by atoms with Crippen molar-refractivity contribution >= 4 is 29.4 Å². The van der Waals surface area contributed by atoms with Crippen molar-refractivity contribution < 1.29 is 4.79 Å². The van der Waals surface area contributed by atoms with E-state index in [1.807, 2.05) is 23.5 Å². The molecule has 5 heteroatoms. The molecule has 0 spiro atoms. The molecule has 0 aromatic rings. The van der Waals surface area contributed by atoms with Gasteiger partial charge in [0.25, 0.3) is 0 Å². The molecule has 0 heterocycles. The molecule has 0 unspecified atom stereocenters. The Balaban J connectivity index is 4.56. The fourth-order valence-electron chi connectivity index (χ4n) is 0.948. The minimum absolute atomic E-state index is 0.0422. The molecule has 0 atom stereocenters. The monoisotopic (exact) mass is 161 g/mol. The highest BCUT2D eigenvalue weighted by Gasteiger charge is 2.20. The summed E-state index contributed by atoms with van der Waals surface area (Å²) >= 11 is 0. The third-order valence-electron chi connectivity index (χ3n) is 1.43. The van der Waals surface area contributed by atoms with Gasteiger partial charge >= 0.3 is 0 Å². The molecule has 0 aliphatic heterocycles. The summed E-state index contributed by atoms with van der Waals surface area (Å²) in [6, 6.07) is 0. The second-order valence-electron chi connectivity index (χ2n) is 3.64. The average Bonchev–Trinajstić information content (AvgIpc) is 1.84. The van der Waals surface area contributed by atoms with Gasteiger partial charge in [-0.2, -0.15) is 0 Å². The molecule has 0 rings (SSSR count). The Kier molecular flexibility index (Phi) is 3.94. The highest BCUT2D eigenvalue weighted by atomic mass is 16.2. The smallest absolute Gasteiger partial charge is 0.221 e. The van der Waals surface area contributed by atoms with Gasteiger partial charge in [-0.3, -0.25) is 4.79 Å². The molecular weight excluding hydrogens is 147 g/mol. The summed E-state index contributed by atoms with van der Waals surface area (Å²) in [5.74, 6) is 0.0422. The zero-order valence-corrected chi connectivity index (χ0v) is 8.29. The van der Waals surface area contributed by atoms with Crippen molar-refractivity contribution in [3.8, 4) is 0 Å². The fraction of sp³-hybridized carbons (Fsp3) is 0.286. The van der Waals surface area contributed by atoms with Gasteiger partial charge in [0, 0.05) is 13.1 Å². The standard InChI is InChI=1S/C7H14B3NO/c1-3-4-5-11(6(2)12)7(8,9)10/h3-5H,1,8-10H2,2H3/b5-4-. The van der Waals surface area contributed by atoms with Crippen LogP contribution in [0, 0.1) is 0 Å². The molecule has 0 aliphatic rings. The van der Waals surface area contributed by atoms with Crippen molar-refractivity contribution in [2.75, 3.05) is 0 Å². The van der Waals surface area contributed by atoms with Crippen LogP contribution in [0.2, 0.25) is 0 Å². The molecule has 0 bridgehead atoms. The van der Waals surface area contributed by atoms with E-state index in [1.165, 1.54) is 0 Å². The Labute approximate surface area is 76.9 Å². The lowest BCUT2D eigenvalue weighted by Crippen LogP contribution is -2.49. The van der Waals surface area contributed by atoms with Crippen molar-refractivity contribution in [2.24, 2.45) is 0 Å². The summed E-state index contributed by atoms with van der Waals surface area (Å²) in [7, 11) is 5.96. The first-order valence-corrected chi connectivity index (χ1v) is 3.98. The predicted octanol–water partition coefficient (Wildman–Crippen LogP) is -1.95. The van der Waals surface area contributed by atoms with Crippen LogP contribution in [0.15, 0.2) is 24.9 Å². The number of hydrogen-bond donors (Lipinski definition) is 0. The summed E-state index contributed by atoms with van der Waals surface area (Å²) in [5, 5.41) is -0.161. The van der Waals surface area contributed by atoms with Crippen LogP contribution in [0.5, 0.6) is 0 Å². The van der Waals surface area contributed by atoms with E-state index in [4.69, 9.17) is 0 Å². The minimum Gasteiger partial charge on any atom is -0.337 e. The average molecular weight is 161 g/mol. The second kappa shape index (κ2) is 4.24. The third-order valence-corrected chi connectivity index (χ3v) is 1.43. The van der Waals surface area contributed by atoms with E-state index in [2.05, 4.69) is 6.58 Å². The maximum atomic E-state index is 11.1. The summed E-state index contributed by atoms with van der Waals surface area (Å²) in [6.07, 6.45) is 5.16. The Morgan fingerprint density at radius 3 is 2.25 bits per heavy atom. The molecule has 0 radical (unpaired) electrons. The molecule has 0 aliphatic carbocycles. The number of nitrogens with zero attached hydrogens (tertiary/aromatic N) is 1. The first kappa shape index (κ1) is 11.1. The highest BCUT2D eigenvalue weighted by Crippen LogP contribution is 2.03. The van der Waals surface area contributed by atoms with Gasteiger partial charge in [-0.1, -0.05) is 12.7 Å². The van der Waals surface area contributed by atoms with Crippen LogP contribution >= 0.6 is 0 Å². The van der Waals surface area contributed by atoms with Crippen LogP contribution in [-0.2, 0) is 4.79 Å². The van der Waals surface area contributed by atoms with Crippen LogP contribution in [0.3, 0.4) is 0 Å². The van der Waals surface area contributed by atoms with Crippen LogP contribution in [-0.4, -0.2) is 39.6 Å². The van der Waals surface area contributed by atoms with Crippen molar-refractivity contribution in [3.05, 3.63) is 24.9 Å². The molecule has 0 aromatic heterocycles. The van der Waals surface area contributed by atoms with Crippen LogP contribution in [0.25, 0.3) is 0 Å². The number of carbonyl (C=O) groups is 1. The normalized spacial score (nSPS) is 11.4. The minimum atomic E-state index is -0.161. The van der Waals surface area contributed by atoms with Gasteiger partial charge in [0.05, 0.1) is 0 Å². The summed E-state index contributed by atoms with van der Waals surface area (Å²) < 4.78 is 0. The molecule has 2 nitrogen and oxygen atoms in total. The van der Waals surface area contributed by atoms with Gasteiger partial charge in [0.1, 0.15) is 23.5 Å². The molecule has 0 fully saturated rings. The molecule has 0 N–H and O–H groups in total. The van der Waals surface area contributed by atoms with Crippen molar-refractivity contribution in [1.29, 1.82) is 0 Å². The second-order valence-corrected chi connectivity index (χ2v) is 3.64. The third kappa shape index (κ3) is 3.51. The Hall–Kier alpha value is -0.855. The lowest BCUT2D eigenvalue weighted by atomic mass is 9.48. The SMILES string of the molecule is BC(B)(B)N(/C=C\C=C)C(C)=O. The van der Waals surface area contributed by atoms with Gasteiger partial charge in [-0.25, -0.2) is 0 Å². The molecule has 0 saturated heterocycles. The summed E-state index contributed by atoms with van der Waals surface area (Å²) in [6.45, 7) is 5.10. The fourth-order valence-corrected chi connectivity index (χ4v) is 0.948. The molecule has 1 amide bonds. The van der Waals surface area contributed by atoms with Gasteiger partial charge in [-0.15, -0.1) is 0 Å². The summed E-state index contributed by atoms with van der Waals surface area (Å²) in [5.41, 5.74) is 0. The number of hydrogen-bond acceptors (Lipinski definition) is 1. The molecule has 0 saturated carbocycles. The van der Waals surface area contributed by atoms with E-state index in [9.17, 15) is 4.79 Å². The van der Waals surface area contributed by atoms with Gasteiger partial charge in [0.15, 0.2) is 0 Å². The van der Waals surface area contributed by atoms with Crippen LogP contribution in [0.1, 0.15) is 6.92 Å². The Bertz CT molecular complexity index is 207. The highest BCUT2D eigenvalue weighted by molar-refractivity contribution is 6.59. The Morgan fingerprint density at radius 2 is 2.00 bits per heavy atom.